The predicted molar refractivity (Wildman–Crippen MR) is 85.8 cm³/mol. The standard InChI is InChI=1S/C13H18N8O4/c1-4-17-10(14)7-5(11(15)24)2-21(12(7)18-4)13-9(23)8(19-20-16)6(3-22)25-13/h2,6,8-9,11,13,22-24H,3,15H2,1H3,(H2,14,17,18)/t6-,8?,9-,11?,13-/m1/s1. The van der Waals surface area contributed by atoms with Crippen LogP contribution >= 0.6 is 0 Å². The van der Waals surface area contributed by atoms with Crippen molar-refractivity contribution in [3.8, 4) is 0 Å². The van der Waals surface area contributed by atoms with Crippen LogP contribution in [0, 0.1) is 6.92 Å². The normalized spacial score (nSPS) is 27.4. The highest BCUT2D eigenvalue weighted by atomic mass is 16.5. The lowest BCUT2D eigenvalue weighted by molar-refractivity contribution is -0.0487. The van der Waals surface area contributed by atoms with E-state index in [-0.39, 0.29) is 11.4 Å². The molecule has 12 nitrogen and oxygen atoms in total. The third-order valence-electron chi connectivity index (χ3n) is 4.14. The van der Waals surface area contributed by atoms with Crippen LogP contribution in [0.25, 0.3) is 21.5 Å². The van der Waals surface area contributed by atoms with Crippen molar-refractivity contribution in [3.63, 3.8) is 0 Å². The number of nitrogens with two attached hydrogens (primary N) is 2. The quantitative estimate of drug-likeness (QED) is 0.204. The zero-order valence-electron chi connectivity index (χ0n) is 13.3. The molecule has 134 valence electrons. The number of nitrogens with zero attached hydrogens (tertiary/aromatic N) is 6. The van der Waals surface area contributed by atoms with Crippen LogP contribution in [0.3, 0.4) is 0 Å². The van der Waals surface area contributed by atoms with Gasteiger partial charge in [0.1, 0.15) is 29.6 Å². The highest BCUT2D eigenvalue weighted by Gasteiger charge is 2.44. The van der Waals surface area contributed by atoms with Gasteiger partial charge in [-0.3, -0.25) is 0 Å². The first kappa shape index (κ1) is 17.4. The molecule has 0 saturated carbocycles. The molecule has 3 heterocycles. The average Bonchev–Trinajstić information content (AvgIpc) is 3.07. The number of fused-ring (bicyclic) bond motifs is 1. The van der Waals surface area contributed by atoms with Crippen molar-refractivity contribution in [3.05, 3.63) is 28.0 Å². The molecular formula is C13H18N8O4. The number of ether oxygens (including phenoxy) is 1. The van der Waals surface area contributed by atoms with Crippen molar-refractivity contribution in [1.82, 2.24) is 14.5 Å². The zero-order valence-corrected chi connectivity index (χ0v) is 13.3. The van der Waals surface area contributed by atoms with Crippen LogP contribution in [-0.2, 0) is 4.74 Å². The van der Waals surface area contributed by atoms with E-state index in [1.807, 2.05) is 0 Å². The molecule has 2 aromatic heterocycles. The SMILES string of the molecule is Cc1nc(N)c2c(C(N)O)cn([C@@H]3O[C@H](CO)C(N=[N+]=[N-])[C@H]3O)c2n1. The first-order valence-corrected chi connectivity index (χ1v) is 7.45. The van der Waals surface area contributed by atoms with E-state index in [0.717, 1.165) is 0 Å². The molecule has 3 rings (SSSR count). The zero-order chi connectivity index (χ0) is 18.3. The Bertz CT molecular complexity index is 846. The molecule has 2 unspecified atom stereocenters. The Balaban J connectivity index is 2.17. The summed E-state index contributed by atoms with van der Waals surface area (Å²) in [5.74, 6) is 0.499. The van der Waals surface area contributed by atoms with Gasteiger partial charge in [-0.2, -0.15) is 0 Å². The minimum Gasteiger partial charge on any atom is -0.394 e. The highest BCUT2D eigenvalue weighted by molar-refractivity contribution is 5.90. The minimum atomic E-state index is -1.35. The molecule has 1 aliphatic heterocycles. The number of aryl methyl sites for hydroxylation is 1. The number of anilines is 1. The van der Waals surface area contributed by atoms with E-state index in [0.29, 0.717) is 16.9 Å². The Morgan fingerprint density at radius 3 is 2.84 bits per heavy atom. The number of hydrogen-bond donors (Lipinski definition) is 5. The lowest BCUT2D eigenvalue weighted by Crippen LogP contribution is -2.31. The summed E-state index contributed by atoms with van der Waals surface area (Å²) in [6.07, 6.45) is -3.06. The van der Waals surface area contributed by atoms with Gasteiger partial charge >= 0.3 is 0 Å². The fourth-order valence-electron chi connectivity index (χ4n) is 3.05. The number of azide groups is 1. The van der Waals surface area contributed by atoms with E-state index >= 15 is 0 Å². The van der Waals surface area contributed by atoms with Crippen LogP contribution in [-0.4, -0.2) is 54.7 Å². The van der Waals surface area contributed by atoms with Crippen LogP contribution in [0.15, 0.2) is 11.3 Å². The summed E-state index contributed by atoms with van der Waals surface area (Å²) in [5.41, 5.74) is 20.7. The Morgan fingerprint density at radius 1 is 1.52 bits per heavy atom. The van der Waals surface area contributed by atoms with Gasteiger partial charge in [-0.05, 0) is 12.5 Å². The fourth-order valence-corrected chi connectivity index (χ4v) is 3.05. The molecule has 7 N–H and O–H groups in total. The van der Waals surface area contributed by atoms with Gasteiger partial charge in [0, 0.05) is 16.7 Å². The molecule has 25 heavy (non-hydrogen) atoms. The maximum absolute atomic E-state index is 10.5. The molecule has 1 aliphatic rings. The second kappa shape index (κ2) is 6.44. The fraction of sp³-hybridized carbons (Fsp3) is 0.538. The number of nitrogen functional groups attached to an aromatic ring is 1. The molecule has 2 aromatic rings. The van der Waals surface area contributed by atoms with E-state index < -0.39 is 37.3 Å². The van der Waals surface area contributed by atoms with Gasteiger partial charge in [0.25, 0.3) is 0 Å². The first-order chi connectivity index (χ1) is 11.9. The summed E-state index contributed by atoms with van der Waals surface area (Å²) in [4.78, 5) is 11.0. The molecule has 1 fully saturated rings. The number of aliphatic hydroxyl groups excluding tert-OH is 3. The van der Waals surface area contributed by atoms with E-state index in [2.05, 4.69) is 20.0 Å². The van der Waals surface area contributed by atoms with Crippen molar-refractivity contribution < 1.29 is 20.1 Å². The predicted octanol–water partition coefficient (Wildman–Crippen LogP) is -0.799. The van der Waals surface area contributed by atoms with E-state index in [1.54, 1.807) is 6.92 Å². The van der Waals surface area contributed by atoms with Crippen LogP contribution in [0.2, 0.25) is 0 Å². The molecule has 0 aliphatic carbocycles. The Hall–Kier alpha value is -2.47. The molecule has 0 radical (unpaired) electrons. The third-order valence-corrected chi connectivity index (χ3v) is 4.14. The number of aromatic nitrogens is 3. The Labute approximate surface area is 141 Å². The van der Waals surface area contributed by atoms with Crippen LogP contribution in [0.4, 0.5) is 5.82 Å². The summed E-state index contributed by atoms with van der Waals surface area (Å²) in [7, 11) is 0. The summed E-state index contributed by atoms with van der Waals surface area (Å²) in [6, 6.07) is -0.982. The van der Waals surface area contributed by atoms with Gasteiger partial charge in [0.15, 0.2) is 6.23 Å². The van der Waals surface area contributed by atoms with Crippen molar-refractivity contribution in [2.75, 3.05) is 12.3 Å². The van der Waals surface area contributed by atoms with Crippen LogP contribution < -0.4 is 11.5 Å². The lowest BCUT2D eigenvalue weighted by Gasteiger charge is -2.17. The van der Waals surface area contributed by atoms with Crippen LogP contribution in [0.1, 0.15) is 23.8 Å². The molecule has 1 saturated heterocycles. The van der Waals surface area contributed by atoms with Crippen molar-refractivity contribution in [2.45, 2.75) is 37.6 Å². The summed E-state index contributed by atoms with van der Waals surface area (Å²) >= 11 is 0. The number of aliphatic hydroxyl groups is 3. The van der Waals surface area contributed by atoms with Gasteiger partial charge in [-0.25, -0.2) is 9.97 Å². The Morgan fingerprint density at radius 2 is 2.24 bits per heavy atom. The number of hydrogen-bond acceptors (Lipinski definition) is 9. The smallest absolute Gasteiger partial charge is 0.162 e. The monoisotopic (exact) mass is 350 g/mol. The molecular weight excluding hydrogens is 332 g/mol. The summed E-state index contributed by atoms with van der Waals surface area (Å²) < 4.78 is 7.07. The first-order valence-electron chi connectivity index (χ1n) is 7.45. The molecule has 0 spiro atoms. The minimum absolute atomic E-state index is 0.124. The Kier molecular flexibility index (Phi) is 4.47. The molecule has 5 atom stereocenters. The van der Waals surface area contributed by atoms with Crippen molar-refractivity contribution >= 4 is 16.9 Å². The molecule has 0 aromatic carbocycles. The number of rotatable bonds is 4. The maximum Gasteiger partial charge on any atom is 0.162 e. The van der Waals surface area contributed by atoms with E-state index in [1.165, 1.54) is 10.8 Å². The molecule has 0 amide bonds. The second-order valence-electron chi connectivity index (χ2n) is 5.72. The highest BCUT2D eigenvalue weighted by Crippen LogP contribution is 2.36. The lowest BCUT2D eigenvalue weighted by atomic mass is 10.1. The topological polar surface area (TPSA) is 201 Å². The van der Waals surface area contributed by atoms with Crippen molar-refractivity contribution in [2.24, 2.45) is 10.8 Å². The largest absolute Gasteiger partial charge is 0.394 e. The molecule has 0 bridgehead atoms. The molecule has 12 heteroatoms. The van der Waals surface area contributed by atoms with E-state index in [4.69, 9.17) is 21.7 Å². The third kappa shape index (κ3) is 2.76. The van der Waals surface area contributed by atoms with E-state index in [9.17, 15) is 15.3 Å². The van der Waals surface area contributed by atoms with Crippen LogP contribution in [0.5, 0.6) is 0 Å². The van der Waals surface area contributed by atoms with Gasteiger partial charge in [0.2, 0.25) is 0 Å². The van der Waals surface area contributed by atoms with Crippen molar-refractivity contribution in [1.29, 1.82) is 0 Å². The average molecular weight is 350 g/mol. The van der Waals surface area contributed by atoms with Gasteiger partial charge in [0.05, 0.1) is 24.1 Å². The summed E-state index contributed by atoms with van der Waals surface area (Å²) in [5, 5.41) is 33.5. The summed E-state index contributed by atoms with van der Waals surface area (Å²) in [6.45, 7) is 1.19. The van der Waals surface area contributed by atoms with Gasteiger partial charge < -0.3 is 36.1 Å². The van der Waals surface area contributed by atoms with Gasteiger partial charge in [-0.1, -0.05) is 5.11 Å². The maximum atomic E-state index is 10.5. The second-order valence-corrected chi connectivity index (χ2v) is 5.72. The van der Waals surface area contributed by atoms with Gasteiger partial charge in [-0.15, -0.1) is 0 Å².